The van der Waals surface area contributed by atoms with Crippen molar-refractivity contribution in [3.05, 3.63) is 17.2 Å². The first kappa shape index (κ1) is 11.5. The number of nitrogens with zero attached hydrogens (tertiary/aromatic N) is 3. The third kappa shape index (κ3) is 1.84. The van der Waals surface area contributed by atoms with E-state index in [0.29, 0.717) is 30.2 Å². The summed E-state index contributed by atoms with van der Waals surface area (Å²) >= 11 is 0. The van der Waals surface area contributed by atoms with Crippen LogP contribution in [0.15, 0.2) is 0 Å². The van der Waals surface area contributed by atoms with Gasteiger partial charge in [0.25, 0.3) is 0 Å². The number of Topliss-reactive ketones (excluding diaryl/α,β-unsaturated/α-hetero) is 1. The Bertz CT molecular complexity index is 514. The molecule has 4 nitrogen and oxygen atoms in total. The fourth-order valence-electron chi connectivity index (χ4n) is 3.17. The summed E-state index contributed by atoms with van der Waals surface area (Å²) in [7, 11) is 0. The molecule has 0 N–H and O–H groups in total. The van der Waals surface area contributed by atoms with Crippen LogP contribution in [0.5, 0.6) is 0 Å². The second-order valence-corrected chi connectivity index (χ2v) is 5.30. The van der Waals surface area contributed by atoms with Crippen LogP contribution >= 0.6 is 0 Å². The molecule has 1 aromatic heterocycles. The Morgan fingerprint density at radius 1 is 1.22 bits per heavy atom. The average Bonchev–Trinajstić information content (AvgIpc) is 2.79. The van der Waals surface area contributed by atoms with Crippen molar-refractivity contribution in [2.45, 2.75) is 57.4 Å². The van der Waals surface area contributed by atoms with Gasteiger partial charge in [0, 0.05) is 25.3 Å². The van der Waals surface area contributed by atoms with E-state index in [9.17, 15) is 4.79 Å². The van der Waals surface area contributed by atoms with Crippen LogP contribution in [-0.4, -0.2) is 15.3 Å². The van der Waals surface area contributed by atoms with E-state index in [2.05, 4.69) is 15.6 Å². The highest BCUT2D eigenvalue weighted by atomic mass is 16.1. The van der Waals surface area contributed by atoms with Crippen LogP contribution < -0.4 is 0 Å². The highest BCUT2D eigenvalue weighted by Crippen LogP contribution is 2.33. The Labute approximate surface area is 107 Å². The summed E-state index contributed by atoms with van der Waals surface area (Å²) in [6.45, 7) is 0.990. The predicted octanol–water partition coefficient (Wildman–Crippen LogP) is 2.32. The van der Waals surface area contributed by atoms with Crippen LogP contribution in [0.4, 0.5) is 0 Å². The van der Waals surface area contributed by atoms with Crippen LogP contribution in [-0.2, 0) is 17.8 Å². The van der Waals surface area contributed by atoms with Crippen molar-refractivity contribution in [1.29, 1.82) is 5.26 Å². The molecule has 0 unspecified atom stereocenters. The van der Waals surface area contributed by atoms with Gasteiger partial charge in [0.05, 0.1) is 5.69 Å². The molecule has 2 aliphatic rings. The molecule has 1 saturated carbocycles. The zero-order chi connectivity index (χ0) is 12.5. The first-order valence-electron chi connectivity index (χ1n) is 6.80. The number of imidazole rings is 1. The fourth-order valence-corrected chi connectivity index (χ4v) is 3.17. The van der Waals surface area contributed by atoms with Gasteiger partial charge in [-0.2, -0.15) is 5.26 Å². The SMILES string of the molecule is N#Cc1nc(C2CCC(=O)CC2)n2c1CCCC2. The molecule has 1 aliphatic heterocycles. The molecule has 3 rings (SSSR count). The van der Waals surface area contributed by atoms with Gasteiger partial charge in [-0.05, 0) is 32.1 Å². The van der Waals surface area contributed by atoms with E-state index in [0.717, 1.165) is 43.7 Å². The van der Waals surface area contributed by atoms with Crippen molar-refractivity contribution < 1.29 is 4.79 Å². The van der Waals surface area contributed by atoms with Gasteiger partial charge in [0.1, 0.15) is 17.7 Å². The minimum absolute atomic E-state index is 0.372. The Kier molecular flexibility index (Phi) is 2.91. The molecule has 0 amide bonds. The molecule has 94 valence electrons. The average molecular weight is 243 g/mol. The molecule has 0 aromatic carbocycles. The molecule has 1 fully saturated rings. The summed E-state index contributed by atoms with van der Waals surface area (Å²) < 4.78 is 2.25. The van der Waals surface area contributed by atoms with Crippen molar-refractivity contribution in [2.24, 2.45) is 0 Å². The summed E-state index contributed by atoms with van der Waals surface area (Å²) in [5, 5.41) is 9.17. The van der Waals surface area contributed by atoms with E-state index >= 15 is 0 Å². The van der Waals surface area contributed by atoms with Crippen molar-refractivity contribution in [3.63, 3.8) is 0 Å². The van der Waals surface area contributed by atoms with E-state index in [4.69, 9.17) is 5.26 Å². The number of carbonyl (C=O) groups is 1. The van der Waals surface area contributed by atoms with Gasteiger partial charge >= 0.3 is 0 Å². The molecule has 0 spiro atoms. The summed E-state index contributed by atoms with van der Waals surface area (Å²) in [5.74, 6) is 1.81. The van der Waals surface area contributed by atoms with Gasteiger partial charge in [-0.3, -0.25) is 4.79 Å². The van der Waals surface area contributed by atoms with Crippen LogP contribution in [0.2, 0.25) is 0 Å². The molecule has 0 radical (unpaired) electrons. The minimum atomic E-state index is 0.372. The van der Waals surface area contributed by atoms with Crippen molar-refractivity contribution in [1.82, 2.24) is 9.55 Å². The zero-order valence-corrected chi connectivity index (χ0v) is 10.5. The van der Waals surface area contributed by atoms with E-state index in [1.165, 1.54) is 6.42 Å². The van der Waals surface area contributed by atoms with Crippen molar-refractivity contribution in [2.75, 3.05) is 0 Å². The normalized spacial score (nSPS) is 20.5. The first-order chi connectivity index (χ1) is 8.79. The van der Waals surface area contributed by atoms with Crippen LogP contribution in [0.3, 0.4) is 0 Å². The summed E-state index contributed by atoms with van der Waals surface area (Å²) in [6.07, 6.45) is 6.46. The molecule has 18 heavy (non-hydrogen) atoms. The number of fused-ring (bicyclic) bond motifs is 1. The molecular formula is C14H17N3O. The molecule has 1 aliphatic carbocycles. The summed E-state index contributed by atoms with van der Waals surface area (Å²) in [5.41, 5.74) is 1.73. The lowest BCUT2D eigenvalue weighted by molar-refractivity contribution is -0.120. The lowest BCUT2D eigenvalue weighted by Gasteiger charge is -2.24. The summed E-state index contributed by atoms with van der Waals surface area (Å²) in [4.78, 5) is 15.9. The van der Waals surface area contributed by atoms with Crippen molar-refractivity contribution >= 4 is 5.78 Å². The standard InChI is InChI=1S/C14H17N3O/c15-9-12-13-3-1-2-8-17(13)14(16-12)10-4-6-11(18)7-5-10/h10H,1-8H2. The first-order valence-corrected chi connectivity index (χ1v) is 6.80. The number of hydrogen-bond donors (Lipinski definition) is 0. The third-order valence-electron chi connectivity index (χ3n) is 4.16. The second kappa shape index (κ2) is 4.56. The highest BCUT2D eigenvalue weighted by Gasteiger charge is 2.28. The van der Waals surface area contributed by atoms with E-state index in [1.54, 1.807) is 0 Å². The fraction of sp³-hybridized carbons (Fsp3) is 0.643. The molecule has 4 heteroatoms. The Balaban J connectivity index is 1.94. The van der Waals surface area contributed by atoms with Gasteiger partial charge in [0.2, 0.25) is 0 Å². The lowest BCUT2D eigenvalue weighted by atomic mass is 9.87. The molecule has 0 bridgehead atoms. The van der Waals surface area contributed by atoms with Gasteiger partial charge in [0.15, 0.2) is 5.69 Å². The third-order valence-corrected chi connectivity index (χ3v) is 4.16. The Morgan fingerprint density at radius 2 is 2.00 bits per heavy atom. The number of rotatable bonds is 1. The van der Waals surface area contributed by atoms with Gasteiger partial charge in [-0.1, -0.05) is 0 Å². The maximum Gasteiger partial charge on any atom is 0.161 e. The molecule has 0 atom stereocenters. The van der Waals surface area contributed by atoms with Crippen LogP contribution in [0, 0.1) is 11.3 Å². The van der Waals surface area contributed by atoms with Crippen LogP contribution in [0.25, 0.3) is 0 Å². The molecular weight excluding hydrogens is 226 g/mol. The quantitative estimate of drug-likeness (QED) is 0.760. The van der Waals surface area contributed by atoms with Gasteiger partial charge < -0.3 is 4.57 Å². The van der Waals surface area contributed by atoms with Gasteiger partial charge in [-0.15, -0.1) is 0 Å². The maximum absolute atomic E-state index is 11.3. The zero-order valence-electron chi connectivity index (χ0n) is 10.5. The number of nitriles is 1. The number of ketones is 1. The second-order valence-electron chi connectivity index (χ2n) is 5.30. The monoisotopic (exact) mass is 243 g/mol. The van der Waals surface area contributed by atoms with E-state index in [1.807, 2.05) is 0 Å². The maximum atomic E-state index is 11.3. The predicted molar refractivity (Wildman–Crippen MR) is 66.1 cm³/mol. The van der Waals surface area contributed by atoms with E-state index in [-0.39, 0.29) is 0 Å². The summed E-state index contributed by atoms with van der Waals surface area (Å²) in [6, 6.07) is 2.22. The molecule has 0 saturated heterocycles. The molecule has 1 aromatic rings. The highest BCUT2D eigenvalue weighted by molar-refractivity contribution is 5.79. The van der Waals surface area contributed by atoms with Crippen LogP contribution in [0.1, 0.15) is 61.7 Å². The topological polar surface area (TPSA) is 58.7 Å². The molecule has 2 heterocycles. The van der Waals surface area contributed by atoms with E-state index < -0.39 is 0 Å². The Hall–Kier alpha value is -1.63. The number of aromatic nitrogens is 2. The smallest absolute Gasteiger partial charge is 0.161 e. The number of hydrogen-bond acceptors (Lipinski definition) is 3. The largest absolute Gasteiger partial charge is 0.330 e. The number of carbonyl (C=O) groups excluding carboxylic acids is 1. The Morgan fingerprint density at radius 3 is 2.72 bits per heavy atom. The minimum Gasteiger partial charge on any atom is -0.330 e. The lowest BCUT2D eigenvalue weighted by Crippen LogP contribution is -2.19. The van der Waals surface area contributed by atoms with Gasteiger partial charge in [-0.25, -0.2) is 4.98 Å². The van der Waals surface area contributed by atoms with Crippen molar-refractivity contribution in [3.8, 4) is 6.07 Å².